The average molecular weight is 307 g/mol. The second-order valence-electron chi connectivity index (χ2n) is 5.45. The van der Waals surface area contributed by atoms with Crippen molar-refractivity contribution in [2.24, 2.45) is 5.92 Å². The predicted octanol–water partition coefficient (Wildman–Crippen LogP) is 0.775. The lowest BCUT2D eigenvalue weighted by Crippen LogP contribution is -2.25. The number of hydrogen-bond acceptors (Lipinski definition) is 4. The number of sulfone groups is 1. The number of pyridine rings is 1. The van der Waals surface area contributed by atoms with Gasteiger partial charge < -0.3 is 9.72 Å². The van der Waals surface area contributed by atoms with Crippen LogP contribution < -0.4 is 5.32 Å². The van der Waals surface area contributed by atoms with Gasteiger partial charge in [-0.2, -0.15) is 0 Å². The molecule has 21 heavy (non-hydrogen) atoms. The highest BCUT2D eigenvalue weighted by Crippen LogP contribution is 2.21. The average Bonchev–Trinajstić information content (AvgIpc) is 2.99. The van der Waals surface area contributed by atoms with Gasteiger partial charge in [-0.05, 0) is 24.5 Å². The Labute approximate surface area is 123 Å². The molecule has 1 aliphatic rings. The van der Waals surface area contributed by atoms with Crippen LogP contribution in [0.3, 0.4) is 0 Å². The quantitative estimate of drug-likeness (QED) is 0.905. The van der Waals surface area contributed by atoms with Crippen molar-refractivity contribution in [3.8, 4) is 0 Å². The Hall–Kier alpha value is -1.89. The lowest BCUT2D eigenvalue weighted by molar-refractivity contribution is -0.122. The summed E-state index contributed by atoms with van der Waals surface area (Å²) in [5.41, 5.74) is 1.62. The predicted molar refractivity (Wildman–Crippen MR) is 78.4 cm³/mol. The van der Waals surface area contributed by atoms with E-state index in [1.54, 1.807) is 0 Å². The maximum Gasteiger partial charge on any atom is 0.220 e. The first kappa shape index (κ1) is 14.1. The van der Waals surface area contributed by atoms with E-state index in [1.165, 1.54) is 0 Å². The highest BCUT2D eigenvalue weighted by molar-refractivity contribution is 7.91. The van der Waals surface area contributed by atoms with Gasteiger partial charge in [0.15, 0.2) is 9.84 Å². The fourth-order valence-electron chi connectivity index (χ4n) is 2.63. The normalized spacial score (nSPS) is 20.7. The summed E-state index contributed by atoms with van der Waals surface area (Å²) in [4.78, 5) is 16.2. The van der Waals surface area contributed by atoms with Gasteiger partial charge in [0.1, 0.15) is 5.65 Å². The zero-order valence-electron chi connectivity index (χ0n) is 11.5. The van der Waals surface area contributed by atoms with Crippen molar-refractivity contribution in [3.05, 3.63) is 36.3 Å². The zero-order chi connectivity index (χ0) is 14.9. The van der Waals surface area contributed by atoms with Crippen LogP contribution in [0.4, 0.5) is 0 Å². The van der Waals surface area contributed by atoms with Crippen LogP contribution in [-0.4, -0.2) is 35.2 Å². The van der Waals surface area contributed by atoms with Crippen molar-refractivity contribution in [2.45, 2.75) is 19.4 Å². The molecule has 1 fully saturated rings. The minimum atomic E-state index is -2.92. The molecule has 1 atom stereocenters. The van der Waals surface area contributed by atoms with E-state index in [1.807, 2.05) is 35.0 Å². The van der Waals surface area contributed by atoms with Crippen molar-refractivity contribution >= 4 is 21.4 Å². The molecule has 0 aliphatic carbocycles. The van der Waals surface area contributed by atoms with E-state index in [-0.39, 0.29) is 29.8 Å². The van der Waals surface area contributed by atoms with E-state index in [0.717, 1.165) is 11.3 Å². The first-order valence-electron chi connectivity index (χ1n) is 6.91. The number of imidazole rings is 1. The standard InChI is InChI=1S/C14H17N3O3S/c18-14(7-11-4-6-21(19,20)10-11)15-8-12-9-17-5-2-1-3-13(17)16-12/h1-3,5,9,11H,4,6-8,10H2,(H,15,18)/t11-/m1/s1. The Kier molecular flexibility index (Phi) is 3.67. The summed E-state index contributed by atoms with van der Waals surface area (Å²) in [6.07, 6.45) is 4.63. The fourth-order valence-corrected chi connectivity index (χ4v) is 4.49. The Morgan fingerprint density at radius 3 is 3.00 bits per heavy atom. The summed E-state index contributed by atoms with van der Waals surface area (Å²) < 4.78 is 24.6. The molecule has 1 aliphatic heterocycles. The molecule has 0 radical (unpaired) electrons. The van der Waals surface area contributed by atoms with Crippen molar-refractivity contribution in [2.75, 3.05) is 11.5 Å². The number of fused-ring (bicyclic) bond motifs is 1. The maximum absolute atomic E-state index is 11.9. The SMILES string of the molecule is O=C(C[C@H]1CCS(=O)(=O)C1)NCc1cn2ccccc2n1. The third-order valence-electron chi connectivity index (χ3n) is 3.68. The largest absolute Gasteiger partial charge is 0.350 e. The third-order valence-corrected chi connectivity index (χ3v) is 5.52. The molecule has 2 aromatic heterocycles. The van der Waals surface area contributed by atoms with Gasteiger partial charge >= 0.3 is 0 Å². The molecule has 6 nitrogen and oxygen atoms in total. The molecule has 0 aromatic carbocycles. The number of carbonyl (C=O) groups is 1. The fraction of sp³-hybridized carbons (Fsp3) is 0.429. The zero-order valence-corrected chi connectivity index (χ0v) is 12.3. The van der Waals surface area contributed by atoms with E-state index in [2.05, 4.69) is 10.3 Å². The van der Waals surface area contributed by atoms with E-state index in [4.69, 9.17) is 0 Å². The van der Waals surface area contributed by atoms with Crippen LogP contribution >= 0.6 is 0 Å². The van der Waals surface area contributed by atoms with Gasteiger partial charge in [0, 0.05) is 18.8 Å². The molecule has 0 spiro atoms. The first-order chi connectivity index (χ1) is 10.0. The van der Waals surface area contributed by atoms with Gasteiger partial charge in [0.05, 0.1) is 23.7 Å². The number of aromatic nitrogens is 2. The summed E-state index contributed by atoms with van der Waals surface area (Å²) >= 11 is 0. The topological polar surface area (TPSA) is 80.5 Å². The van der Waals surface area contributed by atoms with Gasteiger partial charge in [0.2, 0.25) is 5.91 Å². The summed E-state index contributed by atoms with van der Waals surface area (Å²) in [5, 5.41) is 2.80. The minimum Gasteiger partial charge on any atom is -0.350 e. The Morgan fingerprint density at radius 1 is 1.43 bits per heavy atom. The molecule has 7 heteroatoms. The summed E-state index contributed by atoms with van der Waals surface area (Å²) in [6, 6.07) is 5.72. The Balaban J connectivity index is 1.54. The molecule has 2 aromatic rings. The van der Waals surface area contributed by atoms with Crippen LogP contribution in [0.25, 0.3) is 5.65 Å². The first-order valence-corrected chi connectivity index (χ1v) is 8.74. The molecule has 0 unspecified atom stereocenters. The molecular formula is C14H17N3O3S. The van der Waals surface area contributed by atoms with E-state index < -0.39 is 9.84 Å². The lowest BCUT2D eigenvalue weighted by atomic mass is 10.1. The number of nitrogens with zero attached hydrogens (tertiary/aromatic N) is 2. The van der Waals surface area contributed by atoms with Crippen LogP contribution in [0.15, 0.2) is 30.6 Å². The van der Waals surface area contributed by atoms with E-state index in [9.17, 15) is 13.2 Å². The molecule has 112 valence electrons. The smallest absolute Gasteiger partial charge is 0.220 e. The molecule has 1 saturated heterocycles. The van der Waals surface area contributed by atoms with E-state index >= 15 is 0 Å². The van der Waals surface area contributed by atoms with Crippen LogP contribution in [0, 0.1) is 5.92 Å². The molecule has 3 rings (SSSR count). The maximum atomic E-state index is 11.9. The molecule has 1 N–H and O–H groups in total. The van der Waals surface area contributed by atoms with Gasteiger partial charge in [-0.1, -0.05) is 6.07 Å². The second-order valence-corrected chi connectivity index (χ2v) is 7.68. The number of amides is 1. The molecular weight excluding hydrogens is 290 g/mol. The lowest BCUT2D eigenvalue weighted by Gasteiger charge is -2.07. The van der Waals surface area contributed by atoms with Crippen molar-refractivity contribution in [1.29, 1.82) is 0 Å². The Bertz CT molecular complexity index is 734. The van der Waals surface area contributed by atoms with Gasteiger partial charge in [-0.25, -0.2) is 13.4 Å². The number of rotatable bonds is 4. The van der Waals surface area contributed by atoms with Crippen LogP contribution in [-0.2, 0) is 21.2 Å². The second kappa shape index (κ2) is 5.48. The van der Waals surface area contributed by atoms with Crippen molar-refractivity contribution in [3.63, 3.8) is 0 Å². The van der Waals surface area contributed by atoms with Gasteiger partial charge in [0.25, 0.3) is 0 Å². The monoisotopic (exact) mass is 307 g/mol. The summed E-state index contributed by atoms with van der Waals surface area (Å²) in [5.74, 6) is 0.178. The van der Waals surface area contributed by atoms with Crippen LogP contribution in [0.1, 0.15) is 18.5 Å². The van der Waals surface area contributed by atoms with Crippen LogP contribution in [0.2, 0.25) is 0 Å². The molecule has 0 bridgehead atoms. The third kappa shape index (κ3) is 3.41. The molecule has 0 saturated carbocycles. The Morgan fingerprint density at radius 2 is 2.29 bits per heavy atom. The number of hydrogen-bond donors (Lipinski definition) is 1. The highest BCUT2D eigenvalue weighted by Gasteiger charge is 2.29. The highest BCUT2D eigenvalue weighted by atomic mass is 32.2. The molecule has 1 amide bonds. The van der Waals surface area contributed by atoms with Gasteiger partial charge in [-0.3, -0.25) is 4.79 Å². The number of carbonyl (C=O) groups excluding carboxylic acids is 1. The number of nitrogens with one attached hydrogen (secondary N) is 1. The van der Waals surface area contributed by atoms with Crippen molar-refractivity contribution in [1.82, 2.24) is 14.7 Å². The van der Waals surface area contributed by atoms with Crippen molar-refractivity contribution < 1.29 is 13.2 Å². The minimum absolute atomic E-state index is 0.0453. The summed E-state index contributed by atoms with van der Waals surface area (Å²) in [6.45, 7) is 0.361. The van der Waals surface area contributed by atoms with E-state index in [0.29, 0.717) is 13.0 Å². The summed E-state index contributed by atoms with van der Waals surface area (Å²) in [7, 11) is -2.92. The molecule has 3 heterocycles. The van der Waals surface area contributed by atoms with Gasteiger partial charge in [-0.15, -0.1) is 0 Å². The van der Waals surface area contributed by atoms with Crippen LogP contribution in [0.5, 0.6) is 0 Å².